The molecule has 1 aliphatic rings. The smallest absolute Gasteiger partial charge is 0.273 e. The lowest BCUT2D eigenvalue weighted by Gasteiger charge is -2.03. The van der Waals surface area contributed by atoms with E-state index in [4.69, 9.17) is 5.73 Å². The highest BCUT2D eigenvalue weighted by molar-refractivity contribution is 6.27. The lowest BCUT2D eigenvalue weighted by atomic mass is 10.0. The van der Waals surface area contributed by atoms with E-state index in [2.05, 4.69) is 15.5 Å². The van der Waals surface area contributed by atoms with Gasteiger partial charge in [-0.2, -0.15) is 5.10 Å². The fourth-order valence-electron chi connectivity index (χ4n) is 2.25. The SMILES string of the molecule is Nc1ccc(CCC2=NNC(=O)/C2=C/c2ccc[nH]2)cc1. The van der Waals surface area contributed by atoms with Crippen molar-refractivity contribution < 1.29 is 4.79 Å². The molecule has 106 valence electrons. The molecule has 5 nitrogen and oxygen atoms in total. The number of rotatable bonds is 4. The van der Waals surface area contributed by atoms with Crippen LogP contribution >= 0.6 is 0 Å². The molecule has 2 heterocycles. The van der Waals surface area contributed by atoms with E-state index in [0.29, 0.717) is 12.0 Å². The van der Waals surface area contributed by atoms with Crippen LogP contribution in [0.1, 0.15) is 17.7 Å². The summed E-state index contributed by atoms with van der Waals surface area (Å²) in [4.78, 5) is 14.9. The zero-order valence-electron chi connectivity index (χ0n) is 11.5. The molecule has 1 aromatic heterocycles. The van der Waals surface area contributed by atoms with E-state index < -0.39 is 0 Å². The van der Waals surface area contributed by atoms with Gasteiger partial charge in [0.05, 0.1) is 11.3 Å². The Kier molecular flexibility index (Phi) is 3.55. The average molecular weight is 280 g/mol. The summed E-state index contributed by atoms with van der Waals surface area (Å²) in [5, 5.41) is 4.12. The van der Waals surface area contributed by atoms with E-state index in [1.54, 1.807) is 0 Å². The monoisotopic (exact) mass is 280 g/mol. The van der Waals surface area contributed by atoms with Crippen molar-refractivity contribution >= 4 is 23.4 Å². The molecular formula is C16H16N4O. The van der Waals surface area contributed by atoms with Crippen LogP contribution in [0.3, 0.4) is 0 Å². The molecule has 3 rings (SSSR count). The minimum absolute atomic E-state index is 0.156. The zero-order chi connectivity index (χ0) is 14.7. The fourth-order valence-corrected chi connectivity index (χ4v) is 2.25. The first-order valence-corrected chi connectivity index (χ1v) is 6.79. The van der Waals surface area contributed by atoms with Crippen molar-refractivity contribution in [3.63, 3.8) is 0 Å². The van der Waals surface area contributed by atoms with Gasteiger partial charge < -0.3 is 10.7 Å². The number of carbonyl (C=O) groups is 1. The number of amides is 1. The molecule has 0 radical (unpaired) electrons. The van der Waals surface area contributed by atoms with Crippen LogP contribution in [0.4, 0.5) is 5.69 Å². The van der Waals surface area contributed by atoms with Crippen LogP contribution in [-0.2, 0) is 11.2 Å². The number of aryl methyl sites for hydroxylation is 1. The van der Waals surface area contributed by atoms with Gasteiger partial charge in [0.2, 0.25) is 0 Å². The van der Waals surface area contributed by atoms with Crippen molar-refractivity contribution in [1.29, 1.82) is 0 Å². The molecule has 0 atom stereocenters. The third kappa shape index (κ3) is 3.02. The van der Waals surface area contributed by atoms with E-state index in [1.165, 1.54) is 5.56 Å². The molecule has 0 unspecified atom stereocenters. The summed E-state index contributed by atoms with van der Waals surface area (Å²) in [6.07, 6.45) is 5.17. The second kappa shape index (κ2) is 5.66. The van der Waals surface area contributed by atoms with Gasteiger partial charge in [-0.1, -0.05) is 12.1 Å². The molecule has 5 heteroatoms. The maximum Gasteiger partial charge on any atom is 0.273 e. The number of hydrogen-bond acceptors (Lipinski definition) is 3. The Morgan fingerprint density at radius 1 is 1.14 bits per heavy atom. The standard InChI is InChI=1S/C16H16N4O/c17-12-6-3-11(4-7-12)5-8-15-14(16(21)20-19-15)10-13-2-1-9-18-13/h1-4,6-7,9-10,18H,5,8,17H2,(H,20,21)/b14-10+. The van der Waals surface area contributed by atoms with Crippen molar-refractivity contribution in [2.75, 3.05) is 5.73 Å². The first-order valence-electron chi connectivity index (χ1n) is 6.79. The van der Waals surface area contributed by atoms with Crippen molar-refractivity contribution in [3.8, 4) is 0 Å². The number of nitrogens with one attached hydrogen (secondary N) is 2. The van der Waals surface area contributed by atoms with Gasteiger partial charge in [0.25, 0.3) is 5.91 Å². The van der Waals surface area contributed by atoms with Crippen molar-refractivity contribution in [2.45, 2.75) is 12.8 Å². The van der Waals surface area contributed by atoms with E-state index in [1.807, 2.05) is 48.7 Å². The molecule has 2 aromatic rings. The minimum Gasteiger partial charge on any atom is -0.399 e. The molecule has 1 amide bonds. The largest absolute Gasteiger partial charge is 0.399 e. The van der Waals surface area contributed by atoms with Crippen LogP contribution in [0, 0.1) is 0 Å². The predicted octanol–water partition coefficient (Wildman–Crippen LogP) is 2.10. The van der Waals surface area contributed by atoms with E-state index in [-0.39, 0.29) is 5.91 Å². The number of nitrogen functional groups attached to an aromatic ring is 1. The molecule has 0 saturated carbocycles. The predicted molar refractivity (Wildman–Crippen MR) is 83.5 cm³/mol. The second-order valence-corrected chi connectivity index (χ2v) is 4.92. The highest BCUT2D eigenvalue weighted by Crippen LogP contribution is 2.16. The number of H-pyrrole nitrogens is 1. The molecule has 1 aromatic carbocycles. The molecule has 4 N–H and O–H groups in total. The summed E-state index contributed by atoms with van der Waals surface area (Å²) in [5.74, 6) is -0.156. The Morgan fingerprint density at radius 2 is 1.95 bits per heavy atom. The van der Waals surface area contributed by atoms with Crippen molar-refractivity contribution in [3.05, 3.63) is 59.4 Å². The number of hydrazone groups is 1. The summed E-state index contributed by atoms with van der Waals surface area (Å²) < 4.78 is 0. The topological polar surface area (TPSA) is 83.3 Å². The van der Waals surface area contributed by atoms with Gasteiger partial charge in [0, 0.05) is 17.6 Å². The Balaban J connectivity index is 1.72. The maximum atomic E-state index is 11.8. The number of hydrogen-bond donors (Lipinski definition) is 3. The van der Waals surface area contributed by atoms with E-state index in [9.17, 15) is 4.79 Å². The molecule has 0 bridgehead atoms. The van der Waals surface area contributed by atoms with Gasteiger partial charge in [-0.05, 0) is 48.7 Å². The summed E-state index contributed by atoms with van der Waals surface area (Å²) >= 11 is 0. The maximum absolute atomic E-state index is 11.8. The number of benzene rings is 1. The highest BCUT2D eigenvalue weighted by atomic mass is 16.2. The molecular weight excluding hydrogens is 264 g/mol. The van der Waals surface area contributed by atoms with Gasteiger partial charge >= 0.3 is 0 Å². The van der Waals surface area contributed by atoms with E-state index >= 15 is 0 Å². The van der Waals surface area contributed by atoms with Crippen LogP contribution in [0.15, 0.2) is 53.3 Å². The van der Waals surface area contributed by atoms with Crippen LogP contribution in [-0.4, -0.2) is 16.6 Å². The lowest BCUT2D eigenvalue weighted by Crippen LogP contribution is -2.13. The Labute approximate surface area is 122 Å². The first-order chi connectivity index (χ1) is 10.2. The summed E-state index contributed by atoms with van der Waals surface area (Å²) in [5.41, 5.74) is 12.4. The molecule has 0 saturated heterocycles. The van der Waals surface area contributed by atoms with Crippen molar-refractivity contribution in [1.82, 2.24) is 10.4 Å². The van der Waals surface area contributed by atoms with Crippen LogP contribution in [0.25, 0.3) is 6.08 Å². The van der Waals surface area contributed by atoms with Gasteiger partial charge in [-0.3, -0.25) is 4.79 Å². The normalized spacial score (nSPS) is 16.1. The molecule has 0 spiro atoms. The summed E-state index contributed by atoms with van der Waals surface area (Å²) in [6, 6.07) is 11.6. The Hall–Kier alpha value is -2.82. The van der Waals surface area contributed by atoms with Gasteiger partial charge in [0.1, 0.15) is 0 Å². The molecule has 1 aliphatic heterocycles. The van der Waals surface area contributed by atoms with Gasteiger partial charge in [0.15, 0.2) is 0 Å². The first kappa shape index (κ1) is 13.2. The number of nitrogens with zero attached hydrogens (tertiary/aromatic N) is 1. The quantitative estimate of drug-likeness (QED) is 0.592. The van der Waals surface area contributed by atoms with Crippen molar-refractivity contribution in [2.24, 2.45) is 5.10 Å². The Morgan fingerprint density at radius 3 is 2.67 bits per heavy atom. The third-order valence-corrected chi connectivity index (χ3v) is 3.40. The zero-order valence-corrected chi connectivity index (χ0v) is 11.5. The fraction of sp³-hybridized carbons (Fsp3) is 0.125. The number of anilines is 1. The van der Waals surface area contributed by atoms with Crippen LogP contribution < -0.4 is 11.2 Å². The molecule has 21 heavy (non-hydrogen) atoms. The second-order valence-electron chi connectivity index (χ2n) is 4.92. The third-order valence-electron chi connectivity index (χ3n) is 3.40. The van der Waals surface area contributed by atoms with Gasteiger partial charge in [-0.25, -0.2) is 5.43 Å². The summed E-state index contributed by atoms with van der Waals surface area (Å²) in [6.45, 7) is 0. The minimum atomic E-state index is -0.156. The number of carbonyl (C=O) groups excluding carboxylic acids is 1. The highest BCUT2D eigenvalue weighted by Gasteiger charge is 2.22. The lowest BCUT2D eigenvalue weighted by molar-refractivity contribution is -0.116. The average Bonchev–Trinajstić information content (AvgIpc) is 3.11. The van der Waals surface area contributed by atoms with Gasteiger partial charge in [-0.15, -0.1) is 0 Å². The van der Waals surface area contributed by atoms with Crippen LogP contribution in [0.5, 0.6) is 0 Å². The summed E-state index contributed by atoms with van der Waals surface area (Å²) in [7, 11) is 0. The Bertz CT molecular complexity index is 696. The molecule has 0 fully saturated rings. The van der Waals surface area contributed by atoms with E-state index in [0.717, 1.165) is 23.5 Å². The number of aromatic amines is 1. The van der Waals surface area contributed by atoms with Crippen LogP contribution in [0.2, 0.25) is 0 Å². The number of aromatic nitrogens is 1. The number of nitrogens with two attached hydrogens (primary N) is 1. The molecule has 0 aliphatic carbocycles.